The largest absolute Gasteiger partial charge is 0.392 e. The Kier molecular flexibility index (Phi) is 5.57. The van der Waals surface area contributed by atoms with Crippen LogP contribution in [0.5, 0.6) is 0 Å². The second-order valence-corrected chi connectivity index (χ2v) is 7.06. The lowest BCUT2D eigenvalue weighted by molar-refractivity contribution is -0.120. The topological polar surface area (TPSA) is 71.3 Å². The van der Waals surface area contributed by atoms with E-state index in [1.807, 2.05) is 25.1 Å². The average molecular weight is 354 g/mol. The van der Waals surface area contributed by atoms with Crippen LogP contribution in [0.2, 0.25) is 0 Å². The average Bonchev–Trinajstić information content (AvgIpc) is 2.88. The zero-order valence-corrected chi connectivity index (χ0v) is 15.4. The van der Waals surface area contributed by atoms with Crippen molar-refractivity contribution in [3.8, 4) is 0 Å². The number of hydrogen-bond donors (Lipinski definition) is 2. The Morgan fingerprint density at radius 1 is 1.27 bits per heavy atom. The van der Waals surface area contributed by atoms with Gasteiger partial charge in [0.25, 0.3) is 0 Å². The summed E-state index contributed by atoms with van der Waals surface area (Å²) in [5, 5.41) is 12.1. The van der Waals surface area contributed by atoms with Crippen LogP contribution < -0.4 is 5.32 Å². The monoisotopic (exact) mass is 354 g/mol. The Morgan fingerprint density at radius 2 is 2.00 bits per heavy atom. The fourth-order valence-corrected chi connectivity index (χ4v) is 3.67. The second kappa shape index (κ2) is 7.87. The van der Waals surface area contributed by atoms with Crippen molar-refractivity contribution in [2.75, 3.05) is 6.54 Å². The van der Waals surface area contributed by atoms with E-state index in [0.29, 0.717) is 13.0 Å². The first-order valence-electron chi connectivity index (χ1n) is 9.20. The van der Waals surface area contributed by atoms with Crippen LogP contribution in [0.4, 0.5) is 0 Å². The first kappa shape index (κ1) is 18.4. The standard InChI is InChI=1S/C21H26N2O3/c1-14(24)12-22-20(26)11-17-15(2)23(13-16-7-4-3-5-8-16)18-9-6-10-19(25)21(17)18/h3-5,7-8,14,24H,6,9-13H2,1-2H3,(H,22,26)/t14-/m1/s1. The van der Waals surface area contributed by atoms with Crippen LogP contribution in [0.1, 0.15) is 52.6 Å². The highest BCUT2D eigenvalue weighted by molar-refractivity contribution is 6.01. The van der Waals surface area contributed by atoms with Crippen molar-refractivity contribution in [3.63, 3.8) is 0 Å². The predicted molar refractivity (Wildman–Crippen MR) is 100 cm³/mol. The third-order valence-corrected chi connectivity index (χ3v) is 4.97. The number of hydrogen-bond acceptors (Lipinski definition) is 3. The fourth-order valence-electron chi connectivity index (χ4n) is 3.67. The van der Waals surface area contributed by atoms with Gasteiger partial charge in [0, 0.05) is 36.5 Å². The number of carbonyl (C=O) groups is 2. The van der Waals surface area contributed by atoms with Gasteiger partial charge in [-0.05, 0) is 37.8 Å². The number of Topliss-reactive ketones (excluding diaryl/α,β-unsaturated/α-hetero) is 1. The molecular weight excluding hydrogens is 328 g/mol. The van der Waals surface area contributed by atoms with Gasteiger partial charge in [-0.2, -0.15) is 0 Å². The molecule has 5 nitrogen and oxygen atoms in total. The summed E-state index contributed by atoms with van der Waals surface area (Å²) in [5.74, 6) is -0.0217. The van der Waals surface area contributed by atoms with Crippen LogP contribution in [0.25, 0.3) is 0 Å². The summed E-state index contributed by atoms with van der Waals surface area (Å²) in [6, 6.07) is 10.2. The summed E-state index contributed by atoms with van der Waals surface area (Å²) in [4.78, 5) is 24.9. The number of ketones is 1. The normalized spacial score (nSPS) is 14.8. The van der Waals surface area contributed by atoms with Crippen molar-refractivity contribution in [1.82, 2.24) is 9.88 Å². The van der Waals surface area contributed by atoms with Crippen LogP contribution in [0.3, 0.4) is 0 Å². The quantitative estimate of drug-likeness (QED) is 0.837. The van der Waals surface area contributed by atoms with Gasteiger partial charge in [0.05, 0.1) is 12.5 Å². The summed E-state index contributed by atoms with van der Waals surface area (Å²) >= 11 is 0. The molecule has 2 aromatic rings. The minimum atomic E-state index is -0.585. The summed E-state index contributed by atoms with van der Waals surface area (Å²) in [6.45, 7) is 4.55. The molecule has 3 rings (SSSR count). The zero-order chi connectivity index (χ0) is 18.7. The molecular formula is C21H26N2O3. The number of rotatable bonds is 6. The molecule has 1 aromatic heterocycles. The Bertz CT molecular complexity index is 806. The van der Waals surface area contributed by atoms with Crippen LogP contribution in [0, 0.1) is 6.92 Å². The van der Waals surface area contributed by atoms with Crippen LogP contribution in [0.15, 0.2) is 30.3 Å². The molecule has 1 aliphatic carbocycles. The van der Waals surface area contributed by atoms with Gasteiger partial charge >= 0.3 is 0 Å². The lowest BCUT2D eigenvalue weighted by atomic mass is 9.92. The molecule has 5 heteroatoms. The molecule has 138 valence electrons. The molecule has 0 spiro atoms. The molecule has 0 unspecified atom stereocenters. The maximum absolute atomic E-state index is 12.6. The molecule has 0 fully saturated rings. The third-order valence-electron chi connectivity index (χ3n) is 4.97. The van der Waals surface area contributed by atoms with E-state index in [4.69, 9.17) is 0 Å². The van der Waals surface area contributed by atoms with E-state index in [1.54, 1.807) is 6.92 Å². The number of carbonyl (C=O) groups excluding carboxylic acids is 2. The second-order valence-electron chi connectivity index (χ2n) is 7.06. The Balaban J connectivity index is 1.93. The van der Waals surface area contributed by atoms with Crippen molar-refractivity contribution >= 4 is 11.7 Å². The van der Waals surface area contributed by atoms with Gasteiger partial charge in [0.15, 0.2) is 5.78 Å². The van der Waals surface area contributed by atoms with E-state index in [2.05, 4.69) is 22.0 Å². The summed E-state index contributed by atoms with van der Waals surface area (Å²) < 4.78 is 2.19. The lowest BCUT2D eigenvalue weighted by Gasteiger charge is -2.16. The van der Waals surface area contributed by atoms with Gasteiger partial charge < -0.3 is 15.0 Å². The Morgan fingerprint density at radius 3 is 2.69 bits per heavy atom. The minimum absolute atomic E-state index is 0.138. The summed E-state index contributed by atoms with van der Waals surface area (Å²) in [6.07, 6.45) is 1.86. The molecule has 26 heavy (non-hydrogen) atoms. The number of nitrogens with zero attached hydrogens (tertiary/aromatic N) is 1. The van der Waals surface area contributed by atoms with Gasteiger partial charge in [0.2, 0.25) is 5.91 Å². The SMILES string of the molecule is Cc1c(CC(=O)NC[C@@H](C)O)c2c(n1Cc1ccccc1)CCCC2=O. The molecule has 1 aromatic carbocycles. The molecule has 0 saturated carbocycles. The molecule has 1 amide bonds. The van der Waals surface area contributed by atoms with E-state index < -0.39 is 6.10 Å². The van der Waals surface area contributed by atoms with E-state index >= 15 is 0 Å². The first-order valence-corrected chi connectivity index (χ1v) is 9.20. The maximum Gasteiger partial charge on any atom is 0.224 e. The van der Waals surface area contributed by atoms with E-state index in [9.17, 15) is 14.7 Å². The number of aliphatic hydroxyl groups is 1. The van der Waals surface area contributed by atoms with Gasteiger partial charge in [0.1, 0.15) is 0 Å². The Hall–Kier alpha value is -2.40. The van der Waals surface area contributed by atoms with Gasteiger partial charge in [-0.15, -0.1) is 0 Å². The minimum Gasteiger partial charge on any atom is -0.392 e. The van der Waals surface area contributed by atoms with Crippen molar-refractivity contribution in [2.24, 2.45) is 0 Å². The highest BCUT2D eigenvalue weighted by Crippen LogP contribution is 2.31. The fraction of sp³-hybridized carbons (Fsp3) is 0.429. The van der Waals surface area contributed by atoms with Crippen LogP contribution in [-0.2, 0) is 24.2 Å². The Labute approximate surface area is 154 Å². The highest BCUT2D eigenvalue weighted by Gasteiger charge is 2.29. The van der Waals surface area contributed by atoms with Crippen molar-refractivity contribution < 1.29 is 14.7 Å². The van der Waals surface area contributed by atoms with E-state index in [-0.39, 0.29) is 24.7 Å². The molecule has 1 atom stereocenters. The smallest absolute Gasteiger partial charge is 0.224 e. The van der Waals surface area contributed by atoms with Crippen LogP contribution >= 0.6 is 0 Å². The van der Waals surface area contributed by atoms with Gasteiger partial charge in [-0.3, -0.25) is 9.59 Å². The van der Waals surface area contributed by atoms with Crippen molar-refractivity contribution in [3.05, 3.63) is 58.4 Å². The number of fused-ring (bicyclic) bond motifs is 1. The van der Waals surface area contributed by atoms with E-state index in [1.165, 1.54) is 5.56 Å². The molecule has 0 bridgehead atoms. The number of nitrogens with one attached hydrogen (secondary N) is 1. The van der Waals surface area contributed by atoms with Gasteiger partial charge in [-0.1, -0.05) is 30.3 Å². The molecule has 1 heterocycles. The summed E-state index contributed by atoms with van der Waals surface area (Å²) in [7, 11) is 0. The number of aromatic nitrogens is 1. The number of amides is 1. The maximum atomic E-state index is 12.6. The molecule has 0 aliphatic heterocycles. The molecule has 0 saturated heterocycles. The molecule has 1 aliphatic rings. The summed E-state index contributed by atoms with van der Waals surface area (Å²) in [5.41, 5.74) is 4.80. The van der Waals surface area contributed by atoms with Gasteiger partial charge in [-0.25, -0.2) is 0 Å². The lowest BCUT2D eigenvalue weighted by Crippen LogP contribution is -2.32. The molecule has 2 N–H and O–H groups in total. The zero-order valence-electron chi connectivity index (χ0n) is 15.4. The van der Waals surface area contributed by atoms with Crippen molar-refractivity contribution in [2.45, 2.75) is 52.2 Å². The van der Waals surface area contributed by atoms with Crippen LogP contribution in [-0.4, -0.2) is 34.0 Å². The number of benzene rings is 1. The predicted octanol–water partition coefficient (Wildman–Crippen LogP) is 2.40. The van der Waals surface area contributed by atoms with Crippen molar-refractivity contribution in [1.29, 1.82) is 0 Å². The highest BCUT2D eigenvalue weighted by atomic mass is 16.3. The van der Waals surface area contributed by atoms with E-state index in [0.717, 1.165) is 35.4 Å². The number of aliphatic hydroxyl groups excluding tert-OH is 1. The third kappa shape index (κ3) is 3.88. The first-order chi connectivity index (χ1) is 12.5. The molecule has 0 radical (unpaired) electrons.